The molecule has 5 heteroatoms. The van der Waals surface area contributed by atoms with Gasteiger partial charge in [0.2, 0.25) is 0 Å². The molecule has 1 amide bonds. The van der Waals surface area contributed by atoms with Crippen molar-refractivity contribution in [2.75, 3.05) is 12.8 Å². The first-order valence-electron chi connectivity index (χ1n) is 6.37. The van der Waals surface area contributed by atoms with Gasteiger partial charge in [0.1, 0.15) is 11.5 Å². The highest BCUT2D eigenvalue weighted by molar-refractivity contribution is 5.99. The van der Waals surface area contributed by atoms with Crippen LogP contribution in [0.3, 0.4) is 0 Å². The number of amides is 1. The van der Waals surface area contributed by atoms with Gasteiger partial charge in [0.25, 0.3) is 5.91 Å². The molecule has 0 saturated heterocycles. The fourth-order valence-electron chi connectivity index (χ4n) is 1.94. The first-order valence-corrected chi connectivity index (χ1v) is 6.37. The third kappa shape index (κ3) is 3.32. The van der Waals surface area contributed by atoms with Gasteiger partial charge in [0.15, 0.2) is 0 Å². The third-order valence-electron chi connectivity index (χ3n) is 2.97. The Morgan fingerprint density at radius 1 is 1.45 bits per heavy atom. The maximum atomic E-state index is 12.2. The molecule has 0 aliphatic heterocycles. The Morgan fingerprint density at radius 3 is 2.90 bits per heavy atom. The van der Waals surface area contributed by atoms with Crippen molar-refractivity contribution in [1.29, 1.82) is 0 Å². The number of furan rings is 1. The fraction of sp³-hybridized carbons (Fsp3) is 0.267. The molecule has 0 fully saturated rings. The van der Waals surface area contributed by atoms with E-state index in [-0.39, 0.29) is 11.9 Å². The summed E-state index contributed by atoms with van der Waals surface area (Å²) in [5.41, 5.74) is 6.66. The van der Waals surface area contributed by atoms with Crippen molar-refractivity contribution in [1.82, 2.24) is 5.32 Å². The standard InChI is InChI=1S/C15H18N2O3/c1-10(8-12-4-3-7-20-12)17-15(18)13-9-11(19-2)5-6-14(13)16/h3-7,9-10H,8,16H2,1-2H3,(H,17,18). The molecule has 0 aliphatic carbocycles. The van der Waals surface area contributed by atoms with E-state index in [1.54, 1.807) is 31.6 Å². The van der Waals surface area contributed by atoms with Gasteiger partial charge in [0.05, 0.1) is 18.9 Å². The molecule has 2 rings (SSSR count). The highest BCUT2D eigenvalue weighted by Crippen LogP contribution is 2.19. The normalized spacial score (nSPS) is 11.9. The molecule has 106 valence electrons. The average molecular weight is 274 g/mol. The van der Waals surface area contributed by atoms with Crippen molar-refractivity contribution >= 4 is 11.6 Å². The summed E-state index contributed by atoms with van der Waals surface area (Å²) in [4.78, 5) is 12.2. The molecule has 1 atom stereocenters. The molecule has 0 saturated carbocycles. The van der Waals surface area contributed by atoms with Gasteiger partial charge in [-0.05, 0) is 37.3 Å². The largest absolute Gasteiger partial charge is 0.497 e. The van der Waals surface area contributed by atoms with Crippen molar-refractivity contribution in [3.63, 3.8) is 0 Å². The van der Waals surface area contributed by atoms with Gasteiger partial charge in [-0.3, -0.25) is 4.79 Å². The lowest BCUT2D eigenvalue weighted by Gasteiger charge is -2.14. The van der Waals surface area contributed by atoms with E-state index >= 15 is 0 Å². The lowest BCUT2D eigenvalue weighted by atomic mass is 10.1. The van der Waals surface area contributed by atoms with Crippen molar-refractivity contribution in [3.8, 4) is 5.75 Å². The zero-order chi connectivity index (χ0) is 14.5. The number of nitrogen functional groups attached to an aromatic ring is 1. The van der Waals surface area contributed by atoms with Crippen LogP contribution in [0.5, 0.6) is 5.75 Å². The maximum absolute atomic E-state index is 12.2. The van der Waals surface area contributed by atoms with Crippen LogP contribution in [-0.4, -0.2) is 19.1 Å². The molecule has 0 radical (unpaired) electrons. The molecule has 1 aromatic carbocycles. The van der Waals surface area contributed by atoms with Gasteiger partial charge in [-0.2, -0.15) is 0 Å². The van der Waals surface area contributed by atoms with E-state index in [0.717, 1.165) is 5.76 Å². The molecule has 5 nitrogen and oxygen atoms in total. The summed E-state index contributed by atoms with van der Waals surface area (Å²) in [5, 5.41) is 2.89. The summed E-state index contributed by atoms with van der Waals surface area (Å²) in [6.07, 6.45) is 2.24. The minimum Gasteiger partial charge on any atom is -0.497 e. The van der Waals surface area contributed by atoms with E-state index in [0.29, 0.717) is 23.4 Å². The van der Waals surface area contributed by atoms with Crippen molar-refractivity contribution < 1.29 is 13.9 Å². The van der Waals surface area contributed by atoms with Crippen LogP contribution in [0.15, 0.2) is 41.0 Å². The smallest absolute Gasteiger partial charge is 0.253 e. The molecule has 1 heterocycles. The average Bonchev–Trinajstić information content (AvgIpc) is 2.91. The second-order valence-electron chi connectivity index (χ2n) is 4.61. The number of benzene rings is 1. The Kier molecular flexibility index (Phi) is 4.30. The van der Waals surface area contributed by atoms with Gasteiger partial charge in [-0.15, -0.1) is 0 Å². The molecule has 0 spiro atoms. The van der Waals surface area contributed by atoms with Crippen LogP contribution in [0.25, 0.3) is 0 Å². The summed E-state index contributed by atoms with van der Waals surface area (Å²) < 4.78 is 10.4. The number of hydrogen-bond acceptors (Lipinski definition) is 4. The van der Waals surface area contributed by atoms with Crippen LogP contribution < -0.4 is 15.8 Å². The van der Waals surface area contributed by atoms with Gasteiger partial charge in [-0.1, -0.05) is 0 Å². The summed E-state index contributed by atoms with van der Waals surface area (Å²) in [6.45, 7) is 1.91. The number of rotatable bonds is 5. The molecule has 2 aromatic rings. The van der Waals surface area contributed by atoms with Crippen LogP contribution in [0.2, 0.25) is 0 Å². The molecular formula is C15H18N2O3. The number of hydrogen-bond donors (Lipinski definition) is 2. The Bertz CT molecular complexity index is 579. The Morgan fingerprint density at radius 2 is 2.25 bits per heavy atom. The number of carbonyl (C=O) groups excluding carboxylic acids is 1. The Hall–Kier alpha value is -2.43. The molecule has 1 unspecified atom stereocenters. The number of nitrogens with one attached hydrogen (secondary N) is 1. The molecule has 1 aromatic heterocycles. The predicted octanol–water partition coefficient (Wildman–Crippen LogP) is 2.23. The number of anilines is 1. The molecule has 3 N–H and O–H groups in total. The second-order valence-corrected chi connectivity index (χ2v) is 4.61. The number of carbonyl (C=O) groups is 1. The van der Waals surface area contributed by atoms with Crippen LogP contribution in [0, 0.1) is 0 Å². The summed E-state index contributed by atoms with van der Waals surface area (Å²) in [5.74, 6) is 1.21. The summed E-state index contributed by atoms with van der Waals surface area (Å²) >= 11 is 0. The lowest BCUT2D eigenvalue weighted by Crippen LogP contribution is -2.34. The predicted molar refractivity (Wildman–Crippen MR) is 76.7 cm³/mol. The zero-order valence-corrected chi connectivity index (χ0v) is 11.6. The lowest BCUT2D eigenvalue weighted by molar-refractivity contribution is 0.0940. The molecule has 0 bridgehead atoms. The Balaban J connectivity index is 2.04. The number of ether oxygens (including phenoxy) is 1. The SMILES string of the molecule is COc1ccc(N)c(C(=O)NC(C)Cc2ccco2)c1. The molecular weight excluding hydrogens is 256 g/mol. The van der Waals surface area contributed by atoms with Gasteiger partial charge in [0, 0.05) is 18.2 Å². The Labute approximate surface area is 117 Å². The minimum absolute atomic E-state index is 0.0562. The van der Waals surface area contributed by atoms with E-state index in [2.05, 4.69) is 5.32 Å². The molecule has 20 heavy (non-hydrogen) atoms. The number of nitrogens with two attached hydrogens (primary N) is 1. The first kappa shape index (κ1) is 14.0. The minimum atomic E-state index is -0.222. The van der Waals surface area contributed by atoms with E-state index in [1.165, 1.54) is 0 Å². The van der Waals surface area contributed by atoms with Crippen LogP contribution >= 0.6 is 0 Å². The van der Waals surface area contributed by atoms with Crippen LogP contribution in [-0.2, 0) is 6.42 Å². The van der Waals surface area contributed by atoms with E-state index < -0.39 is 0 Å². The van der Waals surface area contributed by atoms with Crippen LogP contribution in [0.4, 0.5) is 5.69 Å². The monoisotopic (exact) mass is 274 g/mol. The summed E-state index contributed by atoms with van der Waals surface area (Å²) in [7, 11) is 1.55. The third-order valence-corrected chi connectivity index (χ3v) is 2.97. The van der Waals surface area contributed by atoms with Crippen LogP contribution in [0.1, 0.15) is 23.0 Å². The quantitative estimate of drug-likeness (QED) is 0.820. The molecule has 0 aliphatic rings. The van der Waals surface area contributed by atoms with Crippen molar-refractivity contribution in [2.24, 2.45) is 0 Å². The number of methoxy groups -OCH3 is 1. The summed E-state index contributed by atoms with van der Waals surface area (Å²) in [6, 6.07) is 8.65. The van der Waals surface area contributed by atoms with E-state index in [1.807, 2.05) is 19.1 Å². The first-order chi connectivity index (χ1) is 9.60. The second kappa shape index (κ2) is 6.14. The van der Waals surface area contributed by atoms with E-state index in [4.69, 9.17) is 14.9 Å². The van der Waals surface area contributed by atoms with E-state index in [9.17, 15) is 4.79 Å². The van der Waals surface area contributed by atoms with Gasteiger partial charge < -0.3 is 20.2 Å². The highest BCUT2D eigenvalue weighted by Gasteiger charge is 2.14. The van der Waals surface area contributed by atoms with Crippen molar-refractivity contribution in [2.45, 2.75) is 19.4 Å². The van der Waals surface area contributed by atoms with Crippen molar-refractivity contribution in [3.05, 3.63) is 47.9 Å². The highest BCUT2D eigenvalue weighted by atomic mass is 16.5. The van der Waals surface area contributed by atoms with Gasteiger partial charge >= 0.3 is 0 Å². The van der Waals surface area contributed by atoms with Gasteiger partial charge in [-0.25, -0.2) is 0 Å². The topological polar surface area (TPSA) is 77.5 Å². The fourth-order valence-corrected chi connectivity index (χ4v) is 1.94. The zero-order valence-electron chi connectivity index (χ0n) is 11.6. The maximum Gasteiger partial charge on any atom is 0.253 e.